The van der Waals surface area contributed by atoms with Crippen molar-refractivity contribution in [3.8, 4) is 0 Å². The van der Waals surface area contributed by atoms with Crippen LogP contribution in [0.4, 0.5) is 5.13 Å². The number of hydrogen-bond donors (Lipinski definition) is 1. The van der Waals surface area contributed by atoms with Crippen molar-refractivity contribution in [2.24, 2.45) is 0 Å². The number of H-pyrrole nitrogens is 1. The zero-order valence-corrected chi connectivity index (χ0v) is 9.74. The topological polar surface area (TPSA) is 70.6 Å². The largest absolute Gasteiger partial charge is 0.346 e. The van der Waals surface area contributed by atoms with Crippen molar-refractivity contribution in [2.45, 2.75) is 19.3 Å². The molecule has 0 bridgehead atoms. The van der Waals surface area contributed by atoms with Crippen LogP contribution >= 0.6 is 11.3 Å². The summed E-state index contributed by atoms with van der Waals surface area (Å²) in [6.07, 6.45) is 2.65. The van der Waals surface area contributed by atoms with Crippen molar-refractivity contribution in [1.29, 1.82) is 0 Å². The van der Waals surface area contributed by atoms with Crippen LogP contribution in [-0.2, 0) is 0 Å². The second-order valence-corrected chi connectivity index (χ2v) is 5.07. The summed E-state index contributed by atoms with van der Waals surface area (Å²) in [7, 11) is 0. The van der Waals surface area contributed by atoms with E-state index in [0.29, 0.717) is 5.92 Å². The third-order valence-corrected chi connectivity index (χ3v) is 3.69. The van der Waals surface area contributed by atoms with Crippen LogP contribution < -0.4 is 4.90 Å². The quantitative estimate of drug-likeness (QED) is 0.841. The Kier molecular flexibility index (Phi) is 2.32. The predicted molar refractivity (Wildman–Crippen MR) is 60.6 cm³/mol. The molecule has 1 aliphatic rings. The Bertz CT molecular complexity index is 464. The molecule has 2 aromatic heterocycles. The molecule has 3 heterocycles. The average Bonchev–Trinajstić information content (AvgIpc) is 2.97. The normalized spacial score (nSPS) is 20.6. The van der Waals surface area contributed by atoms with E-state index < -0.39 is 0 Å². The van der Waals surface area contributed by atoms with Crippen LogP contribution in [0.15, 0.2) is 6.33 Å². The fourth-order valence-corrected chi connectivity index (χ4v) is 2.71. The van der Waals surface area contributed by atoms with Crippen LogP contribution in [0.3, 0.4) is 0 Å². The summed E-state index contributed by atoms with van der Waals surface area (Å²) >= 11 is 1.64. The number of aromatic amines is 1. The molecule has 1 fully saturated rings. The predicted octanol–water partition coefficient (Wildman–Crippen LogP) is 0.959. The van der Waals surface area contributed by atoms with E-state index in [0.717, 1.165) is 35.5 Å². The van der Waals surface area contributed by atoms with Gasteiger partial charge in [-0.25, -0.2) is 4.98 Å². The molecule has 0 radical (unpaired) electrons. The smallest absolute Gasteiger partial charge is 0.208 e. The second-order valence-electron chi connectivity index (χ2n) is 3.91. The van der Waals surface area contributed by atoms with Crippen LogP contribution in [0.5, 0.6) is 0 Å². The van der Waals surface area contributed by atoms with E-state index in [9.17, 15) is 0 Å². The molecule has 0 saturated carbocycles. The molecule has 1 aliphatic heterocycles. The lowest BCUT2D eigenvalue weighted by Gasteiger charge is -2.12. The highest BCUT2D eigenvalue weighted by Gasteiger charge is 2.27. The molecular weight excluding hydrogens is 224 g/mol. The number of anilines is 1. The minimum absolute atomic E-state index is 0.437. The minimum atomic E-state index is 0.437. The van der Waals surface area contributed by atoms with Crippen molar-refractivity contribution in [1.82, 2.24) is 25.4 Å². The highest BCUT2D eigenvalue weighted by Crippen LogP contribution is 2.30. The summed E-state index contributed by atoms with van der Waals surface area (Å²) in [5.74, 6) is 1.41. The number of hydrogen-bond acceptors (Lipinski definition) is 6. The van der Waals surface area contributed by atoms with Crippen molar-refractivity contribution in [2.75, 3.05) is 18.0 Å². The van der Waals surface area contributed by atoms with E-state index in [1.165, 1.54) is 0 Å². The van der Waals surface area contributed by atoms with Crippen molar-refractivity contribution >= 4 is 16.5 Å². The lowest BCUT2D eigenvalue weighted by Crippen LogP contribution is -2.19. The molecule has 1 saturated heterocycles. The maximum Gasteiger partial charge on any atom is 0.208 e. The first kappa shape index (κ1) is 9.71. The van der Waals surface area contributed by atoms with Crippen LogP contribution in [0.1, 0.15) is 23.2 Å². The van der Waals surface area contributed by atoms with E-state index in [1.807, 2.05) is 6.92 Å². The molecule has 1 atom stereocenters. The van der Waals surface area contributed by atoms with Gasteiger partial charge in [-0.1, -0.05) is 11.3 Å². The Labute approximate surface area is 96.7 Å². The van der Waals surface area contributed by atoms with E-state index in [-0.39, 0.29) is 0 Å². The molecule has 6 nitrogen and oxygen atoms in total. The van der Waals surface area contributed by atoms with Gasteiger partial charge in [0.25, 0.3) is 0 Å². The van der Waals surface area contributed by atoms with Gasteiger partial charge in [0.05, 0.1) is 0 Å². The third-order valence-electron chi connectivity index (χ3n) is 2.79. The monoisotopic (exact) mass is 236 g/mol. The molecule has 7 heteroatoms. The second kappa shape index (κ2) is 3.82. The van der Waals surface area contributed by atoms with E-state index in [4.69, 9.17) is 0 Å². The molecular formula is C9H12N6S. The highest BCUT2D eigenvalue weighted by molar-refractivity contribution is 7.15. The van der Waals surface area contributed by atoms with Gasteiger partial charge in [-0.2, -0.15) is 5.10 Å². The molecule has 84 valence electrons. The van der Waals surface area contributed by atoms with Gasteiger partial charge in [0.1, 0.15) is 17.2 Å². The van der Waals surface area contributed by atoms with Crippen LogP contribution in [0.2, 0.25) is 0 Å². The Morgan fingerprint density at radius 3 is 3.12 bits per heavy atom. The number of aromatic nitrogens is 5. The number of rotatable bonds is 2. The van der Waals surface area contributed by atoms with Gasteiger partial charge in [-0.15, -0.1) is 10.2 Å². The lowest BCUT2D eigenvalue weighted by molar-refractivity contribution is 0.714. The maximum absolute atomic E-state index is 4.21. The fraction of sp³-hybridized carbons (Fsp3) is 0.556. The first-order chi connectivity index (χ1) is 7.83. The van der Waals surface area contributed by atoms with E-state index >= 15 is 0 Å². The van der Waals surface area contributed by atoms with Crippen LogP contribution in [0.25, 0.3) is 0 Å². The summed E-state index contributed by atoms with van der Waals surface area (Å²) < 4.78 is 0. The summed E-state index contributed by atoms with van der Waals surface area (Å²) in [5.41, 5.74) is 0. The van der Waals surface area contributed by atoms with Gasteiger partial charge in [-0.05, 0) is 13.3 Å². The zero-order valence-electron chi connectivity index (χ0n) is 8.92. The number of aryl methyl sites for hydroxylation is 1. The van der Waals surface area contributed by atoms with Gasteiger partial charge in [0.15, 0.2) is 0 Å². The molecule has 0 aromatic carbocycles. The average molecular weight is 236 g/mol. The Morgan fingerprint density at radius 2 is 2.44 bits per heavy atom. The molecule has 2 aromatic rings. The maximum atomic E-state index is 4.21. The fourth-order valence-electron chi connectivity index (χ4n) is 1.98. The van der Waals surface area contributed by atoms with E-state index in [1.54, 1.807) is 17.7 Å². The molecule has 0 amide bonds. The Hall–Kier alpha value is -1.50. The van der Waals surface area contributed by atoms with Crippen LogP contribution in [0, 0.1) is 6.92 Å². The SMILES string of the molecule is Cc1nnc(N2CC[C@H](c3ncn[nH]3)C2)s1. The summed E-state index contributed by atoms with van der Waals surface area (Å²) in [6.45, 7) is 3.94. The Balaban J connectivity index is 1.74. The minimum Gasteiger partial charge on any atom is -0.346 e. The standard InChI is InChI=1S/C9H12N6S/c1-6-12-14-9(16-6)15-3-2-7(4-15)8-10-5-11-13-8/h5,7H,2-4H2,1H3,(H,10,11,13)/t7-/m0/s1. The van der Waals surface area contributed by atoms with Gasteiger partial charge >= 0.3 is 0 Å². The molecule has 16 heavy (non-hydrogen) atoms. The van der Waals surface area contributed by atoms with Gasteiger partial charge in [0, 0.05) is 19.0 Å². The Morgan fingerprint density at radius 1 is 1.50 bits per heavy atom. The van der Waals surface area contributed by atoms with Crippen LogP contribution in [-0.4, -0.2) is 38.5 Å². The van der Waals surface area contributed by atoms with Crippen molar-refractivity contribution < 1.29 is 0 Å². The molecule has 1 N–H and O–H groups in total. The first-order valence-electron chi connectivity index (χ1n) is 5.23. The summed E-state index contributed by atoms with van der Waals surface area (Å²) in [4.78, 5) is 6.47. The lowest BCUT2D eigenvalue weighted by atomic mass is 10.1. The van der Waals surface area contributed by atoms with Crippen molar-refractivity contribution in [3.05, 3.63) is 17.2 Å². The molecule has 0 aliphatic carbocycles. The molecule has 3 rings (SSSR count). The number of nitrogens with one attached hydrogen (secondary N) is 1. The molecule has 0 unspecified atom stereocenters. The summed E-state index contributed by atoms with van der Waals surface area (Å²) in [6, 6.07) is 0. The molecule has 0 spiro atoms. The first-order valence-corrected chi connectivity index (χ1v) is 6.05. The zero-order chi connectivity index (χ0) is 11.0. The highest BCUT2D eigenvalue weighted by atomic mass is 32.1. The van der Waals surface area contributed by atoms with Gasteiger partial charge < -0.3 is 4.90 Å². The summed E-state index contributed by atoms with van der Waals surface area (Å²) in [5, 5.41) is 17.1. The third kappa shape index (κ3) is 1.67. The van der Waals surface area contributed by atoms with Gasteiger partial charge in [-0.3, -0.25) is 5.10 Å². The van der Waals surface area contributed by atoms with Crippen molar-refractivity contribution in [3.63, 3.8) is 0 Å². The number of nitrogens with zero attached hydrogens (tertiary/aromatic N) is 5. The van der Waals surface area contributed by atoms with Gasteiger partial charge in [0.2, 0.25) is 5.13 Å². The van der Waals surface area contributed by atoms with E-state index in [2.05, 4.69) is 30.3 Å².